The van der Waals surface area contributed by atoms with Crippen LogP contribution in [-0.2, 0) is 24.3 Å². The number of nitrogens with zero attached hydrogens (tertiary/aromatic N) is 4. The molecule has 0 radical (unpaired) electrons. The van der Waals surface area contributed by atoms with E-state index in [1.165, 1.54) is 5.56 Å². The van der Waals surface area contributed by atoms with Gasteiger partial charge in [0.1, 0.15) is 5.52 Å². The minimum absolute atomic E-state index is 0.0176. The summed E-state index contributed by atoms with van der Waals surface area (Å²) in [5, 5.41) is 18.3. The number of hydrogen-bond donors (Lipinski definition) is 1. The molecule has 0 saturated heterocycles. The van der Waals surface area contributed by atoms with Crippen molar-refractivity contribution in [1.29, 1.82) is 0 Å². The summed E-state index contributed by atoms with van der Waals surface area (Å²) in [6, 6.07) is 19.5. The van der Waals surface area contributed by atoms with E-state index in [0.29, 0.717) is 18.7 Å². The Morgan fingerprint density at radius 1 is 1.06 bits per heavy atom. The van der Waals surface area contributed by atoms with Crippen LogP contribution in [0.3, 0.4) is 0 Å². The zero-order valence-electron chi connectivity index (χ0n) is 19.9. The average Bonchev–Trinajstić information content (AvgIpc) is 3.31. The second-order valence-corrected chi connectivity index (χ2v) is 9.07. The Bertz CT molecular complexity index is 1410. The topological polar surface area (TPSA) is 88.3 Å². The van der Waals surface area contributed by atoms with Gasteiger partial charge in [0, 0.05) is 31.1 Å². The Balaban J connectivity index is 1.50. The molecule has 1 aromatic heterocycles. The van der Waals surface area contributed by atoms with Crippen LogP contribution in [0.1, 0.15) is 57.4 Å². The van der Waals surface area contributed by atoms with Crippen molar-refractivity contribution in [3.63, 3.8) is 0 Å². The summed E-state index contributed by atoms with van der Waals surface area (Å²) in [5.74, 6) is -1.16. The third kappa shape index (κ3) is 4.30. The Labute approximate surface area is 204 Å². The Hall–Kier alpha value is -4.00. The first-order valence-electron chi connectivity index (χ1n) is 12.0. The predicted octanol–water partition coefficient (Wildman–Crippen LogP) is 4.56. The third-order valence-corrected chi connectivity index (χ3v) is 6.99. The van der Waals surface area contributed by atoms with Crippen molar-refractivity contribution in [2.24, 2.45) is 0 Å². The van der Waals surface area contributed by atoms with Crippen LogP contribution in [0.25, 0.3) is 11.0 Å². The molecule has 0 fully saturated rings. The van der Waals surface area contributed by atoms with Crippen LogP contribution >= 0.6 is 0 Å². The quantitative estimate of drug-likeness (QED) is 0.448. The van der Waals surface area contributed by atoms with Crippen molar-refractivity contribution in [3.8, 4) is 0 Å². The number of amides is 1. The van der Waals surface area contributed by atoms with Crippen LogP contribution in [0.15, 0.2) is 60.7 Å². The lowest BCUT2D eigenvalue weighted by Crippen LogP contribution is -2.36. The van der Waals surface area contributed by atoms with E-state index < -0.39 is 5.97 Å². The number of fused-ring (bicyclic) bond motifs is 2. The number of aliphatic carboxylic acids is 1. The van der Waals surface area contributed by atoms with E-state index >= 15 is 0 Å². The van der Waals surface area contributed by atoms with Crippen LogP contribution in [0.5, 0.6) is 0 Å². The lowest BCUT2D eigenvalue weighted by Gasteiger charge is -2.30. The van der Waals surface area contributed by atoms with Gasteiger partial charge in [-0.1, -0.05) is 47.7 Å². The Kier molecular flexibility index (Phi) is 6.07. The lowest BCUT2D eigenvalue weighted by atomic mass is 9.83. The summed E-state index contributed by atoms with van der Waals surface area (Å²) in [7, 11) is 0. The summed E-state index contributed by atoms with van der Waals surface area (Å²) in [4.78, 5) is 26.8. The van der Waals surface area contributed by atoms with Crippen molar-refractivity contribution in [2.75, 3.05) is 6.54 Å². The van der Waals surface area contributed by atoms with Crippen molar-refractivity contribution < 1.29 is 14.7 Å². The largest absolute Gasteiger partial charge is 0.481 e. The molecule has 35 heavy (non-hydrogen) atoms. The molecule has 0 aliphatic carbocycles. The minimum atomic E-state index is -0.856. The first-order chi connectivity index (χ1) is 17.0. The fourth-order valence-corrected chi connectivity index (χ4v) is 5.11. The number of aryl methyl sites for hydroxylation is 2. The highest BCUT2D eigenvalue weighted by Gasteiger charge is 2.26. The molecule has 0 saturated carbocycles. The van der Waals surface area contributed by atoms with Crippen molar-refractivity contribution in [3.05, 3.63) is 94.0 Å². The van der Waals surface area contributed by atoms with Gasteiger partial charge in [0.2, 0.25) is 0 Å². The molecule has 0 bridgehead atoms. The van der Waals surface area contributed by atoms with E-state index in [4.69, 9.17) is 0 Å². The van der Waals surface area contributed by atoms with Gasteiger partial charge in [0.15, 0.2) is 0 Å². The van der Waals surface area contributed by atoms with Crippen LogP contribution in [-0.4, -0.2) is 43.4 Å². The highest BCUT2D eigenvalue weighted by atomic mass is 16.4. The Morgan fingerprint density at radius 2 is 1.86 bits per heavy atom. The van der Waals surface area contributed by atoms with Crippen LogP contribution < -0.4 is 0 Å². The zero-order valence-corrected chi connectivity index (χ0v) is 19.9. The third-order valence-electron chi connectivity index (χ3n) is 6.99. The molecule has 1 unspecified atom stereocenters. The van der Waals surface area contributed by atoms with Crippen molar-refractivity contribution in [1.82, 2.24) is 19.9 Å². The highest BCUT2D eigenvalue weighted by Crippen LogP contribution is 2.35. The number of carbonyl (C=O) groups excluding carboxylic acids is 1. The van der Waals surface area contributed by atoms with Gasteiger partial charge in [0.05, 0.1) is 11.9 Å². The maximum absolute atomic E-state index is 13.0. The second kappa shape index (κ2) is 9.33. The van der Waals surface area contributed by atoms with E-state index in [0.717, 1.165) is 46.3 Å². The zero-order chi connectivity index (χ0) is 24.5. The smallest absolute Gasteiger partial charge is 0.304 e. The van der Waals surface area contributed by atoms with Gasteiger partial charge in [-0.15, -0.1) is 5.10 Å². The predicted molar refractivity (Wildman–Crippen MR) is 133 cm³/mol. The molecule has 178 valence electrons. The average molecular weight is 469 g/mol. The number of carboxylic acids is 1. The molecule has 0 spiro atoms. The number of rotatable bonds is 6. The number of aromatic nitrogens is 3. The number of carbonyl (C=O) groups is 2. The van der Waals surface area contributed by atoms with Crippen LogP contribution in [0.2, 0.25) is 0 Å². The van der Waals surface area contributed by atoms with Gasteiger partial charge in [-0.25, -0.2) is 4.68 Å². The van der Waals surface area contributed by atoms with Gasteiger partial charge in [-0.05, 0) is 66.3 Å². The number of hydrogen-bond acceptors (Lipinski definition) is 4. The molecule has 7 nitrogen and oxygen atoms in total. The molecule has 7 heteroatoms. The fourth-order valence-electron chi connectivity index (χ4n) is 5.11. The first kappa shape index (κ1) is 22.8. The summed E-state index contributed by atoms with van der Waals surface area (Å²) < 4.78 is 1.84. The summed E-state index contributed by atoms with van der Waals surface area (Å²) in [6.07, 6.45) is 0.753. The molecule has 3 aromatic carbocycles. The van der Waals surface area contributed by atoms with E-state index in [-0.39, 0.29) is 18.2 Å². The van der Waals surface area contributed by atoms with Gasteiger partial charge >= 0.3 is 5.97 Å². The van der Waals surface area contributed by atoms with E-state index in [2.05, 4.69) is 22.4 Å². The molecule has 1 amide bonds. The van der Waals surface area contributed by atoms with E-state index in [9.17, 15) is 14.7 Å². The molecule has 1 N–H and O–H groups in total. The summed E-state index contributed by atoms with van der Waals surface area (Å²) in [5.41, 5.74) is 7.54. The summed E-state index contributed by atoms with van der Waals surface area (Å²) >= 11 is 0. The van der Waals surface area contributed by atoms with Gasteiger partial charge in [-0.2, -0.15) is 0 Å². The maximum Gasteiger partial charge on any atom is 0.304 e. The van der Waals surface area contributed by atoms with Crippen molar-refractivity contribution in [2.45, 2.75) is 45.7 Å². The highest BCUT2D eigenvalue weighted by molar-refractivity contribution is 5.94. The van der Waals surface area contributed by atoms with Gasteiger partial charge in [-0.3, -0.25) is 9.59 Å². The van der Waals surface area contributed by atoms with Gasteiger partial charge in [0.25, 0.3) is 5.91 Å². The first-order valence-corrected chi connectivity index (χ1v) is 12.0. The summed E-state index contributed by atoms with van der Waals surface area (Å²) in [6.45, 7) is 5.90. The van der Waals surface area contributed by atoms with Crippen LogP contribution in [0, 0.1) is 6.92 Å². The maximum atomic E-state index is 13.0. The minimum Gasteiger partial charge on any atom is -0.481 e. The van der Waals surface area contributed by atoms with E-state index in [1.54, 1.807) is 0 Å². The van der Waals surface area contributed by atoms with Crippen molar-refractivity contribution >= 4 is 22.9 Å². The lowest BCUT2D eigenvalue weighted by molar-refractivity contribution is -0.137. The number of benzene rings is 3. The monoisotopic (exact) mass is 468 g/mol. The molecule has 4 aromatic rings. The molecule has 1 aliphatic rings. The standard InChI is InChI=1S/C28H28N4O3/c1-3-32-25-12-11-23(18(2)27(25)29-30-32)24(16-26(33)34)21-10-9-19-13-14-31(17-22(19)15-21)28(35)20-7-5-4-6-8-20/h4-12,15,24H,3,13-14,16-17H2,1-2H3,(H,33,34). The Morgan fingerprint density at radius 3 is 2.60 bits per heavy atom. The number of carboxylic acid groups (broad SMARTS) is 1. The molecule has 1 atom stereocenters. The SMILES string of the molecule is CCn1nnc2c(C)c(C(CC(=O)O)c3ccc4c(c3)CN(C(=O)c3ccccc3)CC4)ccc21. The molecular weight excluding hydrogens is 440 g/mol. The normalized spacial score (nSPS) is 14.1. The fraction of sp³-hybridized carbons (Fsp3) is 0.286. The molecular formula is C28H28N4O3. The molecule has 1 aliphatic heterocycles. The van der Waals surface area contributed by atoms with Gasteiger partial charge < -0.3 is 10.0 Å². The molecule has 2 heterocycles. The van der Waals surface area contributed by atoms with Crippen LogP contribution in [0.4, 0.5) is 0 Å². The molecule has 5 rings (SSSR count). The van der Waals surface area contributed by atoms with E-state index in [1.807, 2.05) is 72.0 Å². The second-order valence-electron chi connectivity index (χ2n) is 9.07.